The van der Waals surface area contributed by atoms with Gasteiger partial charge in [0.1, 0.15) is 11.6 Å². The van der Waals surface area contributed by atoms with E-state index in [1.54, 1.807) is 48.5 Å². The van der Waals surface area contributed by atoms with Gasteiger partial charge in [0.2, 0.25) is 0 Å². The molecule has 0 unspecified atom stereocenters. The zero-order valence-electron chi connectivity index (χ0n) is 16.9. The van der Waals surface area contributed by atoms with Crippen molar-refractivity contribution < 1.29 is 22.7 Å². The molecule has 0 saturated heterocycles. The molecular formula is C23H13Cl3F3N3O2. The summed E-state index contributed by atoms with van der Waals surface area (Å²) < 4.78 is 42.4. The minimum atomic E-state index is -4.83. The van der Waals surface area contributed by atoms with Gasteiger partial charge in [-0.15, -0.1) is 13.2 Å². The maximum absolute atomic E-state index is 12.8. The van der Waals surface area contributed by atoms with Gasteiger partial charge in [0.15, 0.2) is 0 Å². The third-order valence-corrected chi connectivity index (χ3v) is 5.38. The Kier molecular flexibility index (Phi) is 6.74. The molecule has 0 aliphatic heterocycles. The average Bonchev–Trinajstić information content (AvgIpc) is 3.18. The number of carbonyl (C=O) groups excluding carboxylic acids is 1. The Hall–Kier alpha value is -3.20. The molecule has 0 bridgehead atoms. The highest BCUT2D eigenvalue weighted by Crippen LogP contribution is 2.31. The fraction of sp³-hybridized carbons (Fsp3) is 0.0435. The number of nitrogens with zero attached hydrogens (tertiary/aromatic N) is 2. The number of carbonyl (C=O) groups is 1. The second kappa shape index (κ2) is 9.58. The van der Waals surface area contributed by atoms with E-state index in [0.717, 1.165) is 17.7 Å². The molecule has 0 spiro atoms. The van der Waals surface area contributed by atoms with E-state index in [1.807, 2.05) is 0 Å². The Morgan fingerprint density at radius 3 is 2.18 bits per heavy atom. The highest BCUT2D eigenvalue weighted by atomic mass is 35.5. The smallest absolute Gasteiger partial charge is 0.406 e. The molecule has 1 aromatic heterocycles. The van der Waals surface area contributed by atoms with Crippen LogP contribution in [0.15, 0.2) is 72.8 Å². The third kappa shape index (κ3) is 5.64. The molecule has 0 atom stereocenters. The molecule has 0 aliphatic rings. The van der Waals surface area contributed by atoms with Crippen molar-refractivity contribution in [3.05, 3.63) is 93.4 Å². The van der Waals surface area contributed by atoms with Crippen molar-refractivity contribution in [1.82, 2.24) is 9.78 Å². The standard InChI is InChI=1S/C23H13Cl3F3N3O2/c24-15-5-1-13(2-6-15)19-12-21(32(31-19)20-11-16(25)7-10-18(20)26)30-22(33)14-3-8-17(9-4-14)34-23(27,28)29/h1-12H,(H,30,33). The van der Waals surface area contributed by atoms with Crippen LogP contribution in [0.1, 0.15) is 10.4 Å². The fourth-order valence-corrected chi connectivity index (χ4v) is 3.55. The first-order valence-electron chi connectivity index (χ1n) is 9.58. The molecule has 1 heterocycles. The third-order valence-electron chi connectivity index (χ3n) is 4.58. The van der Waals surface area contributed by atoms with Crippen molar-refractivity contribution in [2.75, 3.05) is 5.32 Å². The highest BCUT2D eigenvalue weighted by molar-refractivity contribution is 6.34. The van der Waals surface area contributed by atoms with Gasteiger partial charge in [-0.05, 0) is 54.6 Å². The normalized spacial score (nSPS) is 11.4. The molecule has 4 aromatic rings. The van der Waals surface area contributed by atoms with Crippen molar-refractivity contribution in [3.63, 3.8) is 0 Å². The van der Waals surface area contributed by atoms with E-state index in [4.69, 9.17) is 34.8 Å². The van der Waals surface area contributed by atoms with Crippen LogP contribution in [-0.4, -0.2) is 22.1 Å². The molecule has 1 N–H and O–H groups in total. The highest BCUT2D eigenvalue weighted by Gasteiger charge is 2.31. The molecule has 34 heavy (non-hydrogen) atoms. The van der Waals surface area contributed by atoms with Crippen molar-refractivity contribution in [2.45, 2.75) is 6.36 Å². The molecule has 11 heteroatoms. The molecule has 0 fully saturated rings. The van der Waals surface area contributed by atoms with Crippen LogP contribution in [0.2, 0.25) is 15.1 Å². The first-order valence-corrected chi connectivity index (χ1v) is 10.7. The van der Waals surface area contributed by atoms with Crippen LogP contribution < -0.4 is 10.1 Å². The van der Waals surface area contributed by atoms with Gasteiger partial charge in [-0.1, -0.05) is 46.9 Å². The predicted molar refractivity (Wildman–Crippen MR) is 125 cm³/mol. The summed E-state index contributed by atoms with van der Waals surface area (Å²) in [6.07, 6.45) is -4.83. The summed E-state index contributed by atoms with van der Waals surface area (Å²) in [6.45, 7) is 0. The number of hydrogen-bond donors (Lipinski definition) is 1. The number of aromatic nitrogens is 2. The lowest BCUT2D eigenvalue weighted by Gasteiger charge is -2.11. The first-order chi connectivity index (χ1) is 16.1. The number of amides is 1. The van der Waals surface area contributed by atoms with E-state index < -0.39 is 18.0 Å². The lowest BCUT2D eigenvalue weighted by Crippen LogP contribution is -2.18. The van der Waals surface area contributed by atoms with Gasteiger partial charge in [-0.3, -0.25) is 4.79 Å². The fourth-order valence-electron chi connectivity index (χ4n) is 3.06. The lowest BCUT2D eigenvalue weighted by atomic mass is 10.1. The molecule has 0 saturated carbocycles. The Morgan fingerprint density at radius 2 is 1.53 bits per heavy atom. The molecular weight excluding hydrogens is 514 g/mol. The van der Waals surface area contributed by atoms with Crippen molar-refractivity contribution in [2.24, 2.45) is 0 Å². The second-order valence-electron chi connectivity index (χ2n) is 6.96. The summed E-state index contributed by atoms with van der Waals surface area (Å²) in [4.78, 5) is 12.8. The van der Waals surface area contributed by atoms with Crippen molar-refractivity contribution in [1.29, 1.82) is 0 Å². The van der Waals surface area contributed by atoms with Gasteiger partial charge in [-0.2, -0.15) is 5.10 Å². The van der Waals surface area contributed by atoms with Gasteiger partial charge in [0.25, 0.3) is 5.91 Å². The summed E-state index contributed by atoms with van der Waals surface area (Å²) in [5.74, 6) is -0.764. The molecule has 4 rings (SSSR count). The van der Waals surface area contributed by atoms with E-state index in [0.29, 0.717) is 26.4 Å². The zero-order valence-corrected chi connectivity index (χ0v) is 19.2. The minimum Gasteiger partial charge on any atom is -0.406 e. The molecule has 0 aliphatic carbocycles. The quantitative estimate of drug-likeness (QED) is 0.291. The summed E-state index contributed by atoms with van der Waals surface area (Å²) in [7, 11) is 0. The molecule has 174 valence electrons. The predicted octanol–water partition coefficient (Wildman–Crippen LogP) is 7.65. The monoisotopic (exact) mass is 525 g/mol. The Balaban J connectivity index is 1.69. The first kappa shape index (κ1) is 23.9. The number of anilines is 1. The Morgan fingerprint density at radius 1 is 0.882 bits per heavy atom. The van der Waals surface area contributed by atoms with E-state index in [2.05, 4.69) is 15.2 Å². The van der Waals surface area contributed by atoms with Crippen LogP contribution in [0.4, 0.5) is 19.0 Å². The number of halogens is 6. The Labute approximate surface area is 206 Å². The van der Waals surface area contributed by atoms with E-state index in [-0.39, 0.29) is 11.4 Å². The maximum Gasteiger partial charge on any atom is 0.573 e. The number of rotatable bonds is 5. The molecule has 1 amide bonds. The molecule has 3 aromatic carbocycles. The average molecular weight is 527 g/mol. The summed E-state index contributed by atoms with van der Waals surface area (Å²) >= 11 is 18.4. The lowest BCUT2D eigenvalue weighted by molar-refractivity contribution is -0.274. The van der Waals surface area contributed by atoms with E-state index >= 15 is 0 Å². The molecule has 0 radical (unpaired) electrons. The number of benzene rings is 3. The number of ether oxygens (including phenoxy) is 1. The maximum atomic E-state index is 12.8. The van der Waals surface area contributed by atoms with Crippen molar-refractivity contribution in [3.8, 4) is 22.7 Å². The van der Waals surface area contributed by atoms with Crippen LogP contribution in [0.25, 0.3) is 16.9 Å². The Bertz CT molecular complexity index is 1340. The summed E-state index contributed by atoms with van der Waals surface area (Å²) in [5, 5.41) is 8.55. The summed E-state index contributed by atoms with van der Waals surface area (Å²) in [6, 6.07) is 17.9. The van der Waals surface area contributed by atoms with Crippen molar-refractivity contribution >= 4 is 46.5 Å². The van der Waals surface area contributed by atoms with Crippen LogP contribution in [0.3, 0.4) is 0 Å². The number of hydrogen-bond acceptors (Lipinski definition) is 3. The SMILES string of the molecule is O=C(Nc1cc(-c2ccc(Cl)cc2)nn1-c1cc(Cl)ccc1Cl)c1ccc(OC(F)(F)F)cc1. The van der Waals surface area contributed by atoms with E-state index in [9.17, 15) is 18.0 Å². The van der Waals surface area contributed by atoms with Gasteiger partial charge >= 0.3 is 6.36 Å². The number of nitrogens with one attached hydrogen (secondary N) is 1. The number of alkyl halides is 3. The van der Waals surface area contributed by atoms with Crippen LogP contribution in [-0.2, 0) is 0 Å². The second-order valence-corrected chi connectivity index (χ2v) is 8.24. The van der Waals surface area contributed by atoms with Crippen LogP contribution in [0.5, 0.6) is 5.75 Å². The molecule has 5 nitrogen and oxygen atoms in total. The van der Waals surface area contributed by atoms with Gasteiger partial charge in [0, 0.05) is 27.2 Å². The topological polar surface area (TPSA) is 56.2 Å². The minimum absolute atomic E-state index is 0.104. The van der Waals surface area contributed by atoms with Gasteiger partial charge in [0.05, 0.1) is 16.4 Å². The van der Waals surface area contributed by atoms with Crippen LogP contribution >= 0.6 is 34.8 Å². The van der Waals surface area contributed by atoms with Crippen LogP contribution in [0, 0.1) is 0 Å². The van der Waals surface area contributed by atoms with E-state index in [1.165, 1.54) is 16.8 Å². The summed E-state index contributed by atoms with van der Waals surface area (Å²) in [5.41, 5.74) is 1.76. The van der Waals surface area contributed by atoms with Gasteiger partial charge in [-0.25, -0.2) is 4.68 Å². The van der Waals surface area contributed by atoms with Gasteiger partial charge < -0.3 is 10.1 Å². The zero-order chi connectivity index (χ0) is 24.5. The largest absolute Gasteiger partial charge is 0.573 e.